The van der Waals surface area contributed by atoms with Gasteiger partial charge in [0.05, 0.1) is 7.11 Å². The smallest absolute Gasteiger partial charge is 0.261 e. The van der Waals surface area contributed by atoms with Crippen LogP contribution in [0.15, 0.2) is 35.9 Å². The van der Waals surface area contributed by atoms with Crippen molar-refractivity contribution in [2.75, 3.05) is 53.4 Å². The monoisotopic (exact) mass is 435 g/mol. The Bertz CT molecular complexity index is 993. The molecule has 0 spiro atoms. The summed E-state index contributed by atoms with van der Waals surface area (Å²) in [6.07, 6.45) is 2.55. The number of nitrogens with zero attached hydrogens (tertiary/aromatic N) is 4. The zero-order valence-electron chi connectivity index (χ0n) is 19.5. The number of likely N-dealkylation sites (N-methyl/N-ethyl adjacent to an activating group) is 1. The van der Waals surface area contributed by atoms with Crippen LogP contribution < -0.4 is 10.1 Å². The number of rotatable bonds is 8. The summed E-state index contributed by atoms with van der Waals surface area (Å²) in [5.74, 6) is 0.479. The molecule has 32 heavy (non-hydrogen) atoms. The number of carbonyl (C=O) groups excluding carboxylic acids is 1. The van der Waals surface area contributed by atoms with Crippen molar-refractivity contribution in [2.24, 2.45) is 0 Å². The highest BCUT2D eigenvalue weighted by atomic mass is 16.5. The number of carbonyl (C=O) groups is 1. The third-order valence-electron chi connectivity index (χ3n) is 6.00. The maximum Gasteiger partial charge on any atom is 0.261 e. The van der Waals surface area contributed by atoms with Crippen LogP contribution in [-0.4, -0.2) is 73.7 Å². The third kappa shape index (κ3) is 5.78. The first-order valence-electron chi connectivity index (χ1n) is 11.1. The van der Waals surface area contributed by atoms with Crippen molar-refractivity contribution in [1.82, 2.24) is 19.7 Å². The number of piperazine rings is 1. The lowest BCUT2D eigenvalue weighted by Crippen LogP contribution is -2.45. The van der Waals surface area contributed by atoms with Gasteiger partial charge in [0.1, 0.15) is 17.4 Å². The van der Waals surface area contributed by atoms with Gasteiger partial charge in [-0.25, -0.2) is 0 Å². The van der Waals surface area contributed by atoms with Gasteiger partial charge in [0.15, 0.2) is 0 Å². The molecule has 1 saturated heterocycles. The lowest BCUT2D eigenvalue weighted by Gasteiger charge is -2.32. The Morgan fingerprint density at radius 2 is 1.88 bits per heavy atom. The number of hydrogen-bond acceptors (Lipinski definition) is 5. The molecular formula is C25H33N5O2. The molecule has 0 aliphatic carbocycles. The second kappa shape index (κ2) is 11.0. The molecule has 1 aliphatic heterocycles. The Labute approximate surface area is 190 Å². The van der Waals surface area contributed by atoms with Gasteiger partial charge in [-0.2, -0.15) is 5.26 Å². The van der Waals surface area contributed by atoms with Crippen LogP contribution in [-0.2, 0) is 4.79 Å². The minimum Gasteiger partial charge on any atom is -0.497 e. The summed E-state index contributed by atoms with van der Waals surface area (Å²) >= 11 is 0. The summed E-state index contributed by atoms with van der Waals surface area (Å²) in [5, 5.41) is 12.5. The van der Waals surface area contributed by atoms with Crippen LogP contribution in [0, 0.1) is 25.2 Å². The average molecular weight is 436 g/mol. The van der Waals surface area contributed by atoms with E-state index in [-0.39, 0.29) is 11.5 Å². The Kier molecular flexibility index (Phi) is 8.09. The van der Waals surface area contributed by atoms with Crippen molar-refractivity contribution in [2.45, 2.75) is 20.3 Å². The van der Waals surface area contributed by atoms with Gasteiger partial charge in [-0.05, 0) is 75.8 Å². The van der Waals surface area contributed by atoms with Crippen LogP contribution in [0.1, 0.15) is 23.4 Å². The summed E-state index contributed by atoms with van der Waals surface area (Å²) in [7, 11) is 3.78. The Hall–Kier alpha value is -3.08. The quantitative estimate of drug-likeness (QED) is 0.392. The molecule has 1 aliphatic rings. The fourth-order valence-corrected chi connectivity index (χ4v) is 4.04. The average Bonchev–Trinajstić information content (AvgIpc) is 3.08. The van der Waals surface area contributed by atoms with Crippen molar-refractivity contribution in [3.05, 3.63) is 52.9 Å². The van der Waals surface area contributed by atoms with Crippen molar-refractivity contribution in [3.8, 4) is 17.5 Å². The number of amides is 1. The summed E-state index contributed by atoms with van der Waals surface area (Å²) in [6, 6.07) is 11.9. The van der Waals surface area contributed by atoms with Crippen molar-refractivity contribution in [1.29, 1.82) is 5.26 Å². The summed E-state index contributed by atoms with van der Waals surface area (Å²) in [6.45, 7) is 9.84. The lowest BCUT2D eigenvalue weighted by molar-refractivity contribution is -0.117. The molecule has 0 radical (unpaired) electrons. The zero-order valence-corrected chi connectivity index (χ0v) is 19.5. The fraction of sp³-hybridized carbons (Fsp3) is 0.440. The van der Waals surface area contributed by atoms with Crippen LogP contribution in [0.2, 0.25) is 0 Å². The van der Waals surface area contributed by atoms with E-state index in [9.17, 15) is 10.1 Å². The molecule has 3 rings (SSSR count). The van der Waals surface area contributed by atoms with Crippen LogP contribution >= 0.6 is 0 Å². The van der Waals surface area contributed by atoms with Crippen molar-refractivity contribution >= 4 is 12.0 Å². The Morgan fingerprint density at radius 3 is 2.50 bits per heavy atom. The second-order valence-electron chi connectivity index (χ2n) is 8.28. The van der Waals surface area contributed by atoms with Crippen LogP contribution in [0.4, 0.5) is 0 Å². The molecule has 1 aromatic heterocycles. The van der Waals surface area contributed by atoms with Gasteiger partial charge in [-0.3, -0.25) is 4.79 Å². The van der Waals surface area contributed by atoms with E-state index < -0.39 is 0 Å². The number of nitrogens with one attached hydrogen (secondary N) is 1. The number of aromatic nitrogens is 1. The van der Waals surface area contributed by atoms with E-state index in [2.05, 4.69) is 32.8 Å². The number of methoxy groups -OCH3 is 1. The van der Waals surface area contributed by atoms with E-state index in [1.807, 2.05) is 44.2 Å². The van der Waals surface area contributed by atoms with Gasteiger partial charge in [-0.1, -0.05) is 0 Å². The zero-order chi connectivity index (χ0) is 23.1. The third-order valence-corrected chi connectivity index (χ3v) is 6.00. The van der Waals surface area contributed by atoms with Gasteiger partial charge in [0.2, 0.25) is 0 Å². The highest BCUT2D eigenvalue weighted by Crippen LogP contribution is 2.24. The van der Waals surface area contributed by atoms with Crippen LogP contribution in [0.5, 0.6) is 5.75 Å². The topological polar surface area (TPSA) is 73.5 Å². The molecule has 2 heterocycles. The maximum absolute atomic E-state index is 12.6. The largest absolute Gasteiger partial charge is 0.497 e. The van der Waals surface area contributed by atoms with E-state index >= 15 is 0 Å². The number of nitriles is 1. The minimum absolute atomic E-state index is 0.125. The van der Waals surface area contributed by atoms with Crippen LogP contribution in [0.25, 0.3) is 11.8 Å². The molecule has 0 saturated carbocycles. The number of hydrogen-bond donors (Lipinski definition) is 1. The maximum atomic E-state index is 12.6. The molecule has 1 amide bonds. The number of aryl methyl sites for hydroxylation is 1. The van der Waals surface area contributed by atoms with E-state index in [1.54, 1.807) is 13.2 Å². The molecular weight excluding hydrogens is 402 g/mol. The predicted octanol–water partition coefficient (Wildman–Crippen LogP) is 2.76. The lowest BCUT2D eigenvalue weighted by atomic mass is 10.1. The van der Waals surface area contributed by atoms with Gasteiger partial charge in [0.25, 0.3) is 5.91 Å². The van der Waals surface area contributed by atoms with E-state index in [4.69, 9.17) is 4.74 Å². The summed E-state index contributed by atoms with van der Waals surface area (Å²) < 4.78 is 7.34. The first-order valence-corrected chi connectivity index (χ1v) is 11.1. The van der Waals surface area contributed by atoms with Gasteiger partial charge in [-0.15, -0.1) is 0 Å². The Morgan fingerprint density at radius 1 is 1.19 bits per heavy atom. The number of ether oxygens (including phenoxy) is 1. The van der Waals surface area contributed by atoms with E-state index in [1.165, 1.54) is 0 Å². The highest BCUT2D eigenvalue weighted by molar-refractivity contribution is 6.01. The van der Waals surface area contributed by atoms with Crippen molar-refractivity contribution < 1.29 is 9.53 Å². The first-order chi connectivity index (χ1) is 15.4. The molecule has 2 aromatic rings. The molecule has 7 heteroatoms. The first kappa shape index (κ1) is 23.6. The fourth-order valence-electron chi connectivity index (χ4n) is 4.04. The van der Waals surface area contributed by atoms with Gasteiger partial charge in [0, 0.05) is 49.8 Å². The van der Waals surface area contributed by atoms with Crippen molar-refractivity contribution in [3.63, 3.8) is 0 Å². The molecule has 7 nitrogen and oxygen atoms in total. The standard InChI is InChI=1S/C25H33N5O2/c1-19-16-21(20(2)30(19)23-6-8-24(32-4)9-7-23)17-22(18-26)25(31)27-10-5-11-29-14-12-28(3)13-15-29/h6-9,16-17H,5,10-15H2,1-4H3,(H,27,31)/b22-17-. The summed E-state index contributed by atoms with van der Waals surface area (Å²) in [4.78, 5) is 17.3. The number of benzene rings is 1. The SMILES string of the molecule is COc1ccc(-n2c(C)cc(/C=C(/C#N)C(=O)NCCCN3CCN(C)CC3)c2C)cc1. The van der Waals surface area contributed by atoms with E-state index in [0.29, 0.717) is 6.54 Å². The molecule has 1 fully saturated rings. The van der Waals surface area contributed by atoms with Crippen LogP contribution in [0.3, 0.4) is 0 Å². The minimum atomic E-state index is -0.319. The molecule has 170 valence electrons. The van der Waals surface area contributed by atoms with Gasteiger partial charge < -0.3 is 24.4 Å². The molecule has 1 N–H and O–H groups in total. The predicted molar refractivity (Wildman–Crippen MR) is 127 cm³/mol. The summed E-state index contributed by atoms with van der Waals surface area (Å²) in [5.41, 5.74) is 4.00. The molecule has 0 bridgehead atoms. The van der Waals surface area contributed by atoms with Gasteiger partial charge >= 0.3 is 0 Å². The highest BCUT2D eigenvalue weighted by Gasteiger charge is 2.15. The normalized spacial score (nSPS) is 15.4. The molecule has 0 unspecified atom stereocenters. The molecule has 1 aromatic carbocycles. The molecule has 0 atom stereocenters. The second-order valence-corrected chi connectivity index (χ2v) is 8.28. The Balaban J connectivity index is 1.62. The van der Waals surface area contributed by atoms with E-state index in [0.717, 1.165) is 67.5 Å².